The molecule has 0 N–H and O–H groups in total. The number of rotatable bonds is 6. The molecule has 130 valence electrons. The van der Waals surface area contributed by atoms with Crippen molar-refractivity contribution in [3.05, 3.63) is 60.3 Å². The third-order valence-corrected chi connectivity index (χ3v) is 4.36. The minimum absolute atomic E-state index is 0.120. The van der Waals surface area contributed by atoms with E-state index in [0.29, 0.717) is 18.1 Å². The number of ether oxygens (including phenoxy) is 2. The van der Waals surface area contributed by atoms with E-state index in [2.05, 4.69) is 15.1 Å². The molecule has 0 radical (unpaired) electrons. The molecule has 2 aromatic heterocycles. The highest BCUT2D eigenvalue weighted by Crippen LogP contribution is 2.32. The maximum absolute atomic E-state index is 6.05. The second-order valence-corrected chi connectivity index (χ2v) is 6.16. The monoisotopic (exact) mass is 340 g/mol. The van der Waals surface area contributed by atoms with Crippen LogP contribution in [-0.4, -0.2) is 32.9 Å². The molecule has 0 spiro atoms. The van der Waals surface area contributed by atoms with Gasteiger partial charge in [0.25, 0.3) is 5.89 Å². The van der Waals surface area contributed by atoms with Crippen LogP contribution in [0.1, 0.15) is 36.2 Å². The molecule has 0 unspecified atom stereocenters. The molecule has 1 saturated heterocycles. The first-order valence-corrected chi connectivity index (χ1v) is 8.37. The number of nitrogens with zero attached hydrogens (tertiary/aromatic N) is 4. The van der Waals surface area contributed by atoms with Crippen LogP contribution in [0.15, 0.2) is 47.5 Å². The number of aromatic nitrogens is 4. The van der Waals surface area contributed by atoms with Crippen molar-refractivity contribution in [3.8, 4) is 5.75 Å². The third-order valence-electron chi connectivity index (χ3n) is 4.36. The molecule has 0 amide bonds. The Morgan fingerprint density at radius 3 is 2.88 bits per heavy atom. The predicted octanol–water partition coefficient (Wildman–Crippen LogP) is 2.79. The van der Waals surface area contributed by atoms with Gasteiger partial charge in [0.15, 0.2) is 5.82 Å². The van der Waals surface area contributed by atoms with Crippen LogP contribution in [0.4, 0.5) is 0 Å². The predicted molar refractivity (Wildman–Crippen MR) is 89.2 cm³/mol. The van der Waals surface area contributed by atoms with E-state index in [1.54, 1.807) is 19.6 Å². The van der Waals surface area contributed by atoms with E-state index in [0.717, 1.165) is 30.7 Å². The Balaban J connectivity index is 1.36. The Morgan fingerprint density at radius 2 is 2.12 bits per heavy atom. The fourth-order valence-corrected chi connectivity index (χ4v) is 3.05. The van der Waals surface area contributed by atoms with E-state index < -0.39 is 0 Å². The van der Waals surface area contributed by atoms with Crippen molar-refractivity contribution >= 4 is 0 Å². The first kappa shape index (κ1) is 15.8. The third kappa shape index (κ3) is 3.71. The summed E-state index contributed by atoms with van der Waals surface area (Å²) in [6.07, 6.45) is 8.03. The van der Waals surface area contributed by atoms with Crippen LogP contribution in [0.2, 0.25) is 0 Å². The van der Waals surface area contributed by atoms with Gasteiger partial charge in [-0.25, -0.2) is 4.98 Å². The molecule has 3 heterocycles. The second kappa shape index (κ2) is 7.06. The van der Waals surface area contributed by atoms with Gasteiger partial charge in [0.05, 0.1) is 19.5 Å². The summed E-state index contributed by atoms with van der Waals surface area (Å²) in [4.78, 5) is 8.56. The van der Waals surface area contributed by atoms with Gasteiger partial charge < -0.3 is 18.6 Å². The summed E-state index contributed by atoms with van der Waals surface area (Å²) in [6, 6.07) is 7.86. The van der Waals surface area contributed by atoms with Crippen molar-refractivity contribution in [2.45, 2.75) is 38.0 Å². The first-order chi connectivity index (χ1) is 12.3. The van der Waals surface area contributed by atoms with Crippen molar-refractivity contribution in [1.82, 2.24) is 19.7 Å². The smallest absolute Gasteiger partial charge is 0.255 e. The lowest BCUT2D eigenvalue weighted by atomic mass is 10.1. The van der Waals surface area contributed by atoms with E-state index in [1.807, 2.05) is 35.0 Å². The molecule has 1 aliphatic rings. The van der Waals surface area contributed by atoms with Crippen LogP contribution in [0.5, 0.6) is 5.75 Å². The Kier molecular flexibility index (Phi) is 4.47. The summed E-state index contributed by atoms with van der Waals surface area (Å²) >= 11 is 0. The number of imidazole rings is 1. The van der Waals surface area contributed by atoms with E-state index >= 15 is 0 Å². The standard InChI is InChI=1S/C18H20N4O3/c1-23-14-4-2-13(3-5-14)10-17-20-18(25-21-17)16-7-6-15(24-16)11-22-9-8-19-12-22/h2-5,8-9,12,15-16H,6-7,10-11H2,1H3/t15-,16+/m1/s1. The van der Waals surface area contributed by atoms with Gasteiger partial charge >= 0.3 is 0 Å². The average molecular weight is 340 g/mol. The van der Waals surface area contributed by atoms with Gasteiger partial charge in [-0.05, 0) is 30.5 Å². The molecule has 1 fully saturated rings. The zero-order valence-electron chi connectivity index (χ0n) is 14.0. The second-order valence-electron chi connectivity index (χ2n) is 6.16. The van der Waals surface area contributed by atoms with E-state index in [9.17, 15) is 0 Å². The number of methoxy groups -OCH3 is 1. The van der Waals surface area contributed by atoms with Gasteiger partial charge in [-0.1, -0.05) is 17.3 Å². The lowest BCUT2D eigenvalue weighted by Crippen LogP contribution is -2.14. The van der Waals surface area contributed by atoms with Crippen LogP contribution in [-0.2, 0) is 17.7 Å². The first-order valence-electron chi connectivity index (χ1n) is 8.37. The Hall–Kier alpha value is -2.67. The highest BCUT2D eigenvalue weighted by atomic mass is 16.5. The number of benzene rings is 1. The van der Waals surface area contributed by atoms with Crippen LogP contribution in [0.25, 0.3) is 0 Å². The van der Waals surface area contributed by atoms with Crippen molar-refractivity contribution < 1.29 is 14.0 Å². The summed E-state index contributed by atoms with van der Waals surface area (Å²) in [5.41, 5.74) is 1.11. The molecular formula is C18H20N4O3. The molecule has 2 atom stereocenters. The Labute approximate surface area is 145 Å². The maximum Gasteiger partial charge on any atom is 0.255 e. The lowest BCUT2D eigenvalue weighted by molar-refractivity contribution is 0.0178. The molecule has 0 bridgehead atoms. The topological polar surface area (TPSA) is 75.2 Å². The van der Waals surface area contributed by atoms with Gasteiger partial charge in [0, 0.05) is 25.4 Å². The number of hydrogen-bond donors (Lipinski definition) is 0. The van der Waals surface area contributed by atoms with Crippen LogP contribution >= 0.6 is 0 Å². The van der Waals surface area contributed by atoms with Gasteiger partial charge in [-0.15, -0.1) is 0 Å². The summed E-state index contributed by atoms with van der Waals surface area (Å²) in [7, 11) is 1.65. The fraction of sp³-hybridized carbons (Fsp3) is 0.389. The molecule has 1 aliphatic heterocycles. The molecule has 0 aliphatic carbocycles. The van der Waals surface area contributed by atoms with Gasteiger partial charge in [0.2, 0.25) is 0 Å². The number of hydrogen-bond acceptors (Lipinski definition) is 6. The molecule has 0 saturated carbocycles. The Bertz CT molecular complexity index is 798. The quantitative estimate of drug-likeness (QED) is 0.687. The summed E-state index contributed by atoms with van der Waals surface area (Å²) < 4.78 is 18.7. The average Bonchev–Trinajstić information content (AvgIpc) is 3.38. The van der Waals surface area contributed by atoms with Crippen molar-refractivity contribution in [3.63, 3.8) is 0 Å². The van der Waals surface area contributed by atoms with Gasteiger partial charge in [-0.3, -0.25) is 0 Å². The summed E-state index contributed by atoms with van der Waals surface area (Å²) in [6.45, 7) is 0.795. The zero-order valence-corrected chi connectivity index (χ0v) is 14.0. The SMILES string of the molecule is COc1ccc(Cc2noc([C@@H]3CC[C@H](Cn4ccnc4)O3)n2)cc1. The normalized spacial score (nSPS) is 20.0. The van der Waals surface area contributed by atoms with E-state index in [1.165, 1.54) is 0 Å². The maximum atomic E-state index is 6.05. The molecule has 7 nitrogen and oxygen atoms in total. The van der Waals surface area contributed by atoms with Crippen LogP contribution in [0.3, 0.4) is 0 Å². The van der Waals surface area contributed by atoms with Crippen molar-refractivity contribution in [2.24, 2.45) is 0 Å². The fourth-order valence-electron chi connectivity index (χ4n) is 3.05. The van der Waals surface area contributed by atoms with Crippen molar-refractivity contribution in [2.75, 3.05) is 7.11 Å². The largest absolute Gasteiger partial charge is 0.497 e. The lowest BCUT2D eigenvalue weighted by Gasteiger charge is -2.11. The molecule has 7 heteroatoms. The minimum Gasteiger partial charge on any atom is -0.497 e. The van der Waals surface area contributed by atoms with Crippen molar-refractivity contribution in [1.29, 1.82) is 0 Å². The van der Waals surface area contributed by atoms with Gasteiger partial charge in [0.1, 0.15) is 11.9 Å². The zero-order chi connectivity index (χ0) is 17.1. The van der Waals surface area contributed by atoms with E-state index in [4.69, 9.17) is 14.0 Å². The summed E-state index contributed by atoms with van der Waals surface area (Å²) in [5.74, 6) is 2.07. The van der Waals surface area contributed by atoms with E-state index in [-0.39, 0.29) is 12.2 Å². The molecular weight excluding hydrogens is 320 g/mol. The van der Waals surface area contributed by atoms with Crippen LogP contribution < -0.4 is 4.74 Å². The Morgan fingerprint density at radius 1 is 1.24 bits per heavy atom. The molecule has 1 aromatic carbocycles. The minimum atomic E-state index is -0.120. The molecule has 4 rings (SSSR count). The highest BCUT2D eigenvalue weighted by Gasteiger charge is 2.30. The van der Waals surface area contributed by atoms with Gasteiger partial charge in [-0.2, -0.15) is 4.98 Å². The molecule has 3 aromatic rings. The highest BCUT2D eigenvalue weighted by molar-refractivity contribution is 5.28. The molecule has 25 heavy (non-hydrogen) atoms. The van der Waals surface area contributed by atoms with Crippen LogP contribution in [0, 0.1) is 0 Å². The summed E-state index contributed by atoms with van der Waals surface area (Å²) in [5, 5.41) is 4.09.